The van der Waals surface area contributed by atoms with Gasteiger partial charge in [-0.3, -0.25) is 9.36 Å². The van der Waals surface area contributed by atoms with Gasteiger partial charge in [-0.1, -0.05) is 11.6 Å². The molecule has 0 fully saturated rings. The summed E-state index contributed by atoms with van der Waals surface area (Å²) in [5.74, 6) is 0.511. The van der Waals surface area contributed by atoms with Gasteiger partial charge in [0.25, 0.3) is 0 Å². The fourth-order valence-corrected chi connectivity index (χ4v) is 2.38. The first-order valence-corrected chi connectivity index (χ1v) is 7.22. The van der Waals surface area contributed by atoms with Gasteiger partial charge in [-0.2, -0.15) is 0 Å². The maximum Gasteiger partial charge on any atom is 0.242 e. The molecule has 0 radical (unpaired) electrons. The fraction of sp³-hybridized carbons (Fsp3) is 0.462. The third-order valence-corrected chi connectivity index (χ3v) is 3.40. The van der Waals surface area contributed by atoms with Crippen LogP contribution in [0, 0.1) is 0 Å². The van der Waals surface area contributed by atoms with Gasteiger partial charge in [-0.25, -0.2) is 9.97 Å². The molecular weight excluding hydrogens is 299 g/mol. The maximum absolute atomic E-state index is 12.1. The van der Waals surface area contributed by atoms with Crippen LogP contribution in [0.1, 0.15) is 38.0 Å². The molecule has 7 heteroatoms. The molecule has 2 heterocycles. The number of nitrogens with one attached hydrogen (secondary N) is 1. The summed E-state index contributed by atoms with van der Waals surface area (Å²) in [5.41, 5.74) is 1.24. The quantitative estimate of drug-likeness (QED) is 0.882. The highest BCUT2D eigenvalue weighted by Crippen LogP contribution is 2.28. The molecule has 2 atom stereocenters. The van der Waals surface area contributed by atoms with Crippen molar-refractivity contribution in [3.8, 4) is 0 Å². The van der Waals surface area contributed by atoms with E-state index in [0.717, 1.165) is 0 Å². The zero-order valence-electron chi connectivity index (χ0n) is 11.5. The molecule has 0 spiro atoms. The topological polar surface area (TPSA) is 59.8 Å². The molecule has 2 aromatic heterocycles. The van der Waals surface area contributed by atoms with Gasteiger partial charge >= 0.3 is 0 Å². The lowest BCUT2D eigenvalue weighted by Gasteiger charge is -2.17. The van der Waals surface area contributed by atoms with E-state index in [-0.39, 0.29) is 11.3 Å². The van der Waals surface area contributed by atoms with Crippen LogP contribution < -0.4 is 5.32 Å². The molecule has 2 rings (SSSR count). The number of fused-ring (bicyclic) bond motifs is 1. The lowest BCUT2D eigenvalue weighted by molar-refractivity contribution is -0.123. The molecule has 0 saturated carbocycles. The SMILES string of the molecule is CCNC(=O)C(C)n1c(C(C)Cl)nc2cc(Cl)cnc21. The van der Waals surface area contributed by atoms with E-state index < -0.39 is 6.04 Å². The summed E-state index contributed by atoms with van der Waals surface area (Å²) < 4.78 is 1.76. The highest BCUT2D eigenvalue weighted by atomic mass is 35.5. The zero-order valence-corrected chi connectivity index (χ0v) is 13.0. The van der Waals surface area contributed by atoms with Gasteiger partial charge in [0.15, 0.2) is 5.65 Å². The molecule has 1 amide bonds. The first-order valence-electron chi connectivity index (χ1n) is 6.40. The second-order valence-electron chi connectivity index (χ2n) is 4.52. The highest BCUT2D eigenvalue weighted by Gasteiger charge is 2.24. The van der Waals surface area contributed by atoms with E-state index in [0.29, 0.717) is 28.6 Å². The lowest BCUT2D eigenvalue weighted by atomic mass is 10.3. The van der Waals surface area contributed by atoms with E-state index in [1.807, 2.05) is 13.8 Å². The number of halogens is 2. The molecule has 0 aliphatic carbocycles. The molecule has 0 aliphatic heterocycles. The van der Waals surface area contributed by atoms with Gasteiger partial charge in [0.1, 0.15) is 17.4 Å². The summed E-state index contributed by atoms with van der Waals surface area (Å²) in [6.07, 6.45) is 1.54. The van der Waals surface area contributed by atoms with Crippen LogP contribution in [-0.2, 0) is 4.79 Å². The number of alkyl halides is 1. The zero-order chi connectivity index (χ0) is 14.9. The maximum atomic E-state index is 12.1. The lowest BCUT2D eigenvalue weighted by Crippen LogP contribution is -2.31. The Morgan fingerprint density at radius 2 is 2.20 bits per heavy atom. The second-order valence-corrected chi connectivity index (χ2v) is 5.61. The Bertz CT molecular complexity index is 639. The van der Waals surface area contributed by atoms with Gasteiger partial charge in [0, 0.05) is 12.7 Å². The van der Waals surface area contributed by atoms with Crippen molar-refractivity contribution in [2.24, 2.45) is 0 Å². The van der Waals surface area contributed by atoms with Crippen LogP contribution in [0.15, 0.2) is 12.3 Å². The van der Waals surface area contributed by atoms with Crippen molar-refractivity contribution in [1.29, 1.82) is 0 Å². The Balaban J connectivity index is 2.59. The van der Waals surface area contributed by atoms with Crippen molar-refractivity contribution in [2.45, 2.75) is 32.2 Å². The molecule has 5 nitrogen and oxygen atoms in total. The molecule has 0 aliphatic rings. The van der Waals surface area contributed by atoms with Crippen LogP contribution in [0.5, 0.6) is 0 Å². The van der Waals surface area contributed by atoms with Crippen molar-refractivity contribution in [3.63, 3.8) is 0 Å². The van der Waals surface area contributed by atoms with Gasteiger partial charge in [0.2, 0.25) is 5.91 Å². The second kappa shape index (κ2) is 5.97. The number of rotatable bonds is 4. The molecule has 0 bridgehead atoms. The molecule has 108 valence electrons. The Labute approximate surface area is 127 Å². The van der Waals surface area contributed by atoms with Gasteiger partial charge in [-0.15, -0.1) is 11.6 Å². The first kappa shape index (κ1) is 15.1. The molecule has 1 N–H and O–H groups in total. The Kier molecular flexibility index (Phi) is 4.50. The van der Waals surface area contributed by atoms with Crippen LogP contribution in [0.2, 0.25) is 5.02 Å². The molecule has 2 aromatic rings. The van der Waals surface area contributed by atoms with Crippen molar-refractivity contribution >= 4 is 40.3 Å². The summed E-state index contributed by atoms with van der Waals surface area (Å²) in [6.45, 7) is 6.05. The molecule has 2 unspecified atom stereocenters. The van der Waals surface area contributed by atoms with Crippen LogP contribution in [-0.4, -0.2) is 27.0 Å². The monoisotopic (exact) mass is 314 g/mol. The van der Waals surface area contributed by atoms with Gasteiger partial charge in [-0.05, 0) is 26.8 Å². The van der Waals surface area contributed by atoms with Crippen LogP contribution in [0.4, 0.5) is 0 Å². The largest absolute Gasteiger partial charge is 0.355 e. The number of nitrogens with zero attached hydrogens (tertiary/aromatic N) is 3. The van der Waals surface area contributed by atoms with Gasteiger partial charge in [0.05, 0.1) is 10.4 Å². The summed E-state index contributed by atoms with van der Waals surface area (Å²) >= 11 is 12.1. The number of likely N-dealkylation sites (N-methyl/N-ethyl adjacent to an activating group) is 1. The highest BCUT2D eigenvalue weighted by molar-refractivity contribution is 6.31. The van der Waals surface area contributed by atoms with Crippen molar-refractivity contribution < 1.29 is 4.79 Å². The van der Waals surface area contributed by atoms with E-state index >= 15 is 0 Å². The molecule has 0 saturated heterocycles. The standard InChI is InChI=1S/C13H16Cl2N4O/c1-4-16-13(20)8(3)19-11(7(2)14)18-10-5-9(15)6-17-12(10)19/h5-8H,4H2,1-3H3,(H,16,20). The smallest absolute Gasteiger partial charge is 0.242 e. The number of hydrogen-bond acceptors (Lipinski definition) is 3. The summed E-state index contributed by atoms with van der Waals surface area (Å²) in [6, 6.07) is 1.28. The minimum absolute atomic E-state index is 0.0953. The minimum Gasteiger partial charge on any atom is -0.355 e. The summed E-state index contributed by atoms with van der Waals surface area (Å²) in [5, 5.41) is 2.96. The van der Waals surface area contributed by atoms with Crippen molar-refractivity contribution in [2.75, 3.05) is 6.54 Å². The number of aromatic nitrogens is 3. The summed E-state index contributed by atoms with van der Waals surface area (Å²) in [4.78, 5) is 20.8. The average Bonchev–Trinajstić information content (AvgIpc) is 2.76. The Morgan fingerprint density at radius 3 is 2.80 bits per heavy atom. The number of amides is 1. The number of carbonyl (C=O) groups excluding carboxylic acids is 1. The van der Waals surface area contributed by atoms with Crippen LogP contribution in [0.3, 0.4) is 0 Å². The Hall–Kier alpha value is -1.33. The van der Waals surface area contributed by atoms with Crippen LogP contribution >= 0.6 is 23.2 Å². The molecule has 20 heavy (non-hydrogen) atoms. The first-order chi connectivity index (χ1) is 9.45. The third-order valence-electron chi connectivity index (χ3n) is 3.00. The van der Waals surface area contributed by atoms with Crippen LogP contribution in [0.25, 0.3) is 11.2 Å². The predicted octanol–water partition coefficient (Wildman–Crippen LogP) is 3.08. The number of hydrogen-bond donors (Lipinski definition) is 1. The van der Waals surface area contributed by atoms with Crippen molar-refractivity contribution in [3.05, 3.63) is 23.1 Å². The number of imidazole rings is 1. The van der Waals surface area contributed by atoms with Crippen molar-refractivity contribution in [1.82, 2.24) is 19.9 Å². The van der Waals surface area contributed by atoms with E-state index in [1.165, 1.54) is 6.20 Å². The van der Waals surface area contributed by atoms with Gasteiger partial charge < -0.3 is 5.32 Å². The average molecular weight is 315 g/mol. The third kappa shape index (κ3) is 2.74. The normalized spacial score (nSPS) is 14.2. The van der Waals surface area contributed by atoms with E-state index in [9.17, 15) is 4.79 Å². The number of carbonyl (C=O) groups is 1. The Morgan fingerprint density at radius 1 is 1.50 bits per heavy atom. The predicted molar refractivity (Wildman–Crippen MR) is 80.2 cm³/mol. The van der Waals surface area contributed by atoms with E-state index in [1.54, 1.807) is 17.6 Å². The summed E-state index contributed by atoms with van der Waals surface area (Å²) in [7, 11) is 0. The minimum atomic E-state index is -0.440. The van der Waals surface area contributed by atoms with E-state index in [2.05, 4.69) is 15.3 Å². The number of pyridine rings is 1. The molecular formula is C13H16Cl2N4O. The molecule has 0 aromatic carbocycles. The van der Waals surface area contributed by atoms with E-state index in [4.69, 9.17) is 23.2 Å². The fourth-order valence-electron chi connectivity index (χ4n) is 2.08.